The Morgan fingerprint density at radius 3 is 1.71 bits per heavy atom. The SMILES string of the molecule is CCCc1c(F)cc(-c2ccc(CCc3ccc(C[C@H](C)c4ccccc4)cc3)cc2)cc1F. The van der Waals surface area contributed by atoms with Gasteiger partial charge in [-0.15, -0.1) is 0 Å². The topological polar surface area (TPSA) is 0 Å². The van der Waals surface area contributed by atoms with Gasteiger partial charge in [0, 0.05) is 5.56 Å². The van der Waals surface area contributed by atoms with Gasteiger partial charge in [-0.05, 0) is 77.1 Å². The Labute approximate surface area is 202 Å². The lowest BCUT2D eigenvalue weighted by Crippen LogP contribution is -1.99. The molecule has 0 aliphatic carbocycles. The van der Waals surface area contributed by atoms with E-state index in [-0.39, 0.29) is 5.56 Å². The molecule has 0 radical (unpaired) electrons. The van der Waals surface area contributed by atoms with Crippen molar-refractivity contribution in [3.05, 3.63) is 130 Å². The predicted molar refractivity (Wildman–Crippen MR) is 138 cm³/mol. The lowest BCUT2D eigenvalue weighted by molar-refractivity contribution is 0.554. The molecule has 0 unspecified atom stereocenters. The highest BCUT2D eigenvalue weighted by atomic mass is 19.1. The summed E-state index contributed by atoms with van der Waals surface area (Å²) in [6.45, 7) is 4.20. The van der Waals surface area contributed by atoms with Crippen molar-refractivity contribution >= 4 is 0 Å². The van der Waals surface area contributed by atoms with E-state index in [4.69, 9.17) is 0 Å². The first-order valence-electron chi connectivity index (χ1n) is 12.2. The largest absolute Gasteiger partial charge is 0.207 e. The maximum Gasteiger partial charge on any atom is 0.129 e. The molecule has 4 aromatic carbocycles. The molecule has 0 amide bonds. The van der Waals surface area contributed by atoms with E-state index in [1.807, 2.05) is 19.1 Å². The van der Waals surface area contributed by atoms with E-state index in [0.717, 1.165) is 31.2 Å². The Hall–Kier alpha value is -3.26. The Bertz CT molecular complexity index is 1170. The van der Waals surface area contributed by atoms with Crippen LogP contribution in [0, 0.1) is 11.6 Å². The fourth-order valence-corrected chi connectivity index (χ4v) is 4.51. The van der Waals surface area contributed by atoms with Gasteiger partial charge in [0.05, 0.1) is 0 Å². The quantitative estimate of drug-likeness (QED) is 0.237. The number of aryl methyl sites for hydroxylation is 2. The van der Waals surface area contributed by atoms with Gasteiger partial charge in [0.15, 0.2) is 0 Å². The second-order valence-corrected chi connectivity index (χ2v) is 9.20. The van der Waals surface area contributed by atoms with Crippen LogP contribution >= 0.6 is 0 Å². The molecule has 0 fully saturated rings. The van der Waals surface area contributed by atoms with Crippen molar-refractivity contribution in [3.63, 3.8) is 0 Å². The van der Waals surface area contributed by atoms with Crippen LogP contribution in [-0.4, -0.2) is 0 Å². The molecule has 0 heterocycles. The first-order chi connectivity index (χ1) is 16.5. The van der Waals surface area contributed by atoms with E-state index in [1.165, 1.54) is 34.4 Å². The Balaban J connectivity index is 1.34. The minimum Gasteiger partial charge on any atom is -0.207 e. The van der Waals surface area contributed by atoms with Crippen LogP contribution in [0.4, 0.5) is 8.78 Å². The summed E-state index contributed by atoms with van der Waals surface area (Å²) in [5.74, 6) is -0.416. The number of rotatable bonds is 9. The third-order valence-corrected chi connectivity index (χ3v) is 6.56. The number of hydrogen-bond donors (Lipinski definition) is 0. The van der Waals surface area contributed by atoms with Crippen molar-refractivity contribution in [1.82, 2.24) is 0 Å². The van der Waals surface area contributed by atoms with Crippen LogP contribution < -0.4 is 0 Å². The van der Waals surface area contributed by atoms with Crippen LogP contribution in [0.25, 0.3) is 11.1 Å². The molecule has 0 aliphatic heterocycles. The van der Waals surface area contributed by atoms with Crippen molar-refractivity contribution in [1.29, 1.82) is 0 Å². The molecule has 0 saturated carbocycles. The molecule has 4 aromatic rings. The maximum absolute atomic E-state index is 14.3. The molecule has 0 N–H and O–H groups in total. The molecule has 4 rings (SSSR count). The number of benzene rings is 4. The summed E-state index contributed by atoms with van der Waals surface area (Å²) in [5.41, 5.74) is 6.86. The fourth-order valence-electron chi connectivity index (χ4n) is 4.51. The van der Waals surface area contributed by atoms with Crippen molar-refractivity contribution in [3.8, 4) is 11.1 Å². The average Bonchev–Trinajstić information content (AvgIpc) is 2.86. The van der Waals surface area contributed by atoms with Gasteiger partial charge < -0.3 is 0 Å². The van der Waals surface area contributed by atoms with Crippen molar-refractivity contribution in [2.75, 3.05) is 0 Å². The third-order valence-electron chi connectivity index (χ3n) is 6.56. The molecule has 1 atom stereocenters. The molecule has 0 aromatic heterocycles. The normalized spacial score (nSPS) is 12.0. The molecular formula is C32H32F2. The van der Waals surface area contributed by atoms with E-state index in [2.05, 4.69) is 73.7 Å². The standard InChI is InChI=1S/C32H32F2/c1-3-7-30-31(33)21-29(22-32(30)34)28-18-16-25(17-19-28)11-10-24-12-14-26(15-13-24)20-23(2)27-8-5-4-6-9-27/h4-6,8-9,12-19,21-23H,3,7,10-11,20H2,1-2H3/t23-/m0/s1. The van der Waals surface area contributed by atoms with Crippen molar-refractivity contribution in [2.24, 2.45) is 0 Å². The summed E-state index contributed by atoms with van der Waals surface area (Å²) in [6, 6.07) is 30.5. The van der Waals surface area contributed by atoms with Crippen LogP contribution in [0.1, 0.15) is 54.0 Å². The van der Waals surface area contributed by atoms with Crippen LogP contribution in [0.15, 0.2) is 91.0 Å². The maximum atomic E-state index is 14.3. The molecule has 2 heteroatoms. The zero-order valence-corrected chi connectivity index (χ0v) is 20.0. The zero-order valence-electron chi connectivity index (χ0n) is 20.0. The first kappa shape index (κ1) is 23.9. The van der Waals surface area contributed by atoms with Gasteiger partial charge in [0.1, 0.15) is 11.6 Å². The first-order valence-corrected chi connectivity index (χ1v) is 12.2. The van der Waals surface area contributed by atoms with Gasteiger partial charge in [-0.3, -0.25) is 0 Å². The summed E-state index contributed by atoms with van der Waals surface area (Å²) in [6.07, 6.45) is 4.06. The molecule has 174 valence electrons. The lowest BCUT2D eigenvalue weighted by atomic mass is 9.93. The van der Waals surface area contributed by atoms with Crippen LogP contribution in [0.3, 0.4) is 0 Å². The minimum absolute atomic E-state index is 0.184. The van der Waals surface area contributed by atoms with E-state index in [1.54, 1.807) is 0 Å². The van der Waals surface area contributed by atoms with Gasteiger partial charge in [0.25, 0.3) is 0 Å². The van der Waals surface area contributed by atoms with Gasteiger partial charge in [0.2, 0.25) is 0 Å². The summed E-state index contributed by atoms with van der Waals surface area (Å²) in [5, 5.41) is 0. The monoisotopic (exact) mass is 454 g/mol. The van der Waals surface area contributed by atoms with E-state index in [0.29, 0.717) is 17.9 Å². The van der Waals surface area contributed by atoms with Gasteiger partial charge in [-0.25, -0.2) is 8.78 Å². The Morgan fingerprint density at radius 1 is 0.618 bits per heavy atom. The Morgan fingerprint density at radius 2 is 1.15 bits per heavy atom. The molecule has 0 saturated heterocycles. The highest BCUT2D eigenvalue weighted by molar-refractivity contribution is 5.64. The number of hydrogen-bond acceptors (Lipinski definition) is 0. The molecule has 34 heavy (non-hydrogen) atoms. The summed E-state index contributed by atoms with van der Waals surface area (Å²) < 4.78 is 28.6. The van der Waals surface area contributed by atoms with Crippen LogP contribution in [-0.2, 0) is 25.7 Å². The summed E-state index contributed by atoms with van der Waals surface area (Å²) >= 11 is 0. The second-order valence-electron chi connectivity index (χ2n) is 9.20. The predicted octanol–water partition coefficient (Wildman–Crippen LogP) is 8.72. The van der Waals surface area contributed by atoms with Crippen LogP contribution in [0.5, 0.6) is 0 Å². The molecule has 0 spiro atoms. The van der Waals surface area contributed by atoms with Crippen LogP contribution in [0.2, 0.25) is 0 Å². The minimum atomic E-state index is -0.456. The van der Waals surface area contributed by atoms with E-state index < -0.39 is 11.6 Å². The fraction of sp³-hybridized carbons (Fsp3) is 0.250. The van der Waals surface area contributed by atoms with E-state index >= 15 is 0 Å². The number of halogens is 2. The third kappa shape index (κ3) is 5.99. The molecule has 0 bridgehead atoms. The van der Waals surface area contributed by atoms with Gasteiger partial charge in [-0.2, -0.15) is 0 Å². The molecule has 0 nitrogen and oxygen atoms in total. The average molecular weight is 455 g/mol. The molecular weight excluding hydrogens is 422 g/mol. The second kappa shape index (κ2) is 11.2. The van der Waals surface area contributed by atoms with Crippen molar-refractivity contribution < 1.29 is 8.78 Å². The van der Waals surface area contributed by atoms with E-state index in [9.17, 15) is 8.78 Å². The zero-order chi connectivity index (χ0) is 23.9. The summed E-state index contributed by atoms with van der Waals surface area (Å²) in [4.78, 5) is 0. The Kier molecular flexibility index (Phi) is 7.90. The summed E-state index contributed by atoms with van der Waals surface area (Å²) in [7, 11) is 0. The van der Waals surface area contributed by atoms with Crippen molar-refractivity contribution in [2.45, 2.75) is 51.9 Å². The smallest absolute Gasteiger partial charge is 0.129 e. The highest BCUT2D eigenvalue weighted by Crippen LogP contribution is 2.26. The lowest BCUT2D eigenvalue weighted by Gasteiger charge is -2.12. The van der Waals surface area contributed by atoms with Gasteiger partial charge >= 0.3 is 0 Å². The van der Waals surface area contributed by atoms with Gasteiger partial charge in [-0.1, -0.05) is 99.1 Å². The highest BCUT2D eigenvalue weighted by Gasteiger charge is 2.12. The molecule has 0 aliphatic rings.